The molecule has 7 unspecified atom stereocenters. The number of epoxide rings is 1. The molecule has 1 aliphatic carbocycles. The molecule has 1 aliphatic heterocycles. The molecule has 10 atom stereocenters. The van der Waals surface area contributed by atoms with E-state index in [0.29, 0.717) is 25.0 Å². The maximum Gasteiger partial charge on any atom is 0.472 e. The van der Waals surface area contributed by atoms with Gasteiger partial charge in [-0.25, -0.2) is 9.13 Å². The number of carbonyl (C=O) groups is 2. The molecule has 19 heteroatoms. The molecule has 17 nitrogen and oxygen atoms in total. The fourth-order valence-corrected chi connectivity index (χ4v) is 9.09. The van der Waals surface area contributed by atoms with E-state index >= 15 is 0 Å². The van der Waals surface area contributed by atoms with Crippen LogP contribution in [0.5, 0.6) is 0 Å². The first-order chi connectivity index (χ1) is 32.6. The van der Waals surface area contributed by atoms with Gasteiger partial charge in [0.1, 0.15) is 43.2 Å². The van der Waals surface area contributed by atoms with Crippen LogP contribution >= 0.6 is 15.6 Å². The van der Waals surface area contributed by atoms with E-state index in [9.17, 15) is 53.8 Å². The predicted molar refractivity (Wildman–Crippen MR) is 259 cm³/mol. The monoisotopic (exact) mass is 1010 g/mol. The summed E-state index contributed by atoms with van der Waals surface area (Å²) in [7, 11) is -10.7. The Hall–Kier alpha value is -2.34. The van der Waals surface area contributed by atoms with Gasteiger partial charge in [-0.1, -0.05) is 139 Å². The molecule has 392 valence electrons. The van der Waals surface area contributed by atoms with Gasteiger partial charge in [0.2, 0.25) is 0 Å². The molecule has 0 amide bonds. The smallest absolute Gasteiger partial charge is 0.462 e. The normalized spacial score (nSPS) is 24.7. The number of unbranched alkanes of at least 4 members (excludes halogenated alkanes) is 13. The van der Waals surface area contributed by atoms with Crippen molar-refractivity contribution in [1.29, 1.82) is 0 Å². The van der Waals surface area contributed by atoms with E-state index < -0.39 is 83.5 Å². The fourth-order valence-electron chi connectivity index (χ4n) is 7.55. The average molecular weight is 1010 g/mol. The van der Waals surface area contributed by atoms with Crippen LogP contribution in [-0.2, 0) is 46.5 Å². The number of allylic oxidation sites excluding steroid dienone is 9. The molecule has 0 aromatic heterocycles. The van der Waals surface area contributed by atoms with Gasteiger partial charge in [0.25, 0.3) is 0 Å². The van der Waals surface area contributed by atoms with E-state index in [-0.39, 0.29) is 12.8 Å². The molecule has 0 aromatic rings. The summed E-state index contributed by atoms with van der Waals surface area (Å²) in [6.45, 7) is 2.94. The molecule has 2 fully saturated rings. The van der Waals surface area contributed by atoms with E-state index in [1.54, 1.807) is 0 Å². The van der Waals surface area contributed by atoms with E-state index in [0.717, 1.165) is 109 Å². The van der Waals surface area contributed by atoms with Crippen LogP contribution in [0.15, 0.2) is 60.8 Å². The Kier molecular flexibility index (Phi) is 33.2. The van der Waals surface area contributed by atoms with Crippen LogP contribution in [-0.4, -0.2) is 115 Å². The summed E-state index contributed by atoms with van der Waals surface area (Å²) in [5.41, 5.74) is 0. The Labute approximate surface area is 404 Å². The molecule has 2 rings (SSSR count). The minimum Gasteiger partial charge on any atom is -0.462 e. The van der Waals surface area contributed by atoms with Crippen LogP contribution in [0.3, 0.4) is 0 Å². The lowest BCUT2D eigenvalue weighted by Crippen LogP contribution is -2.64. The van der Waals surface area contributed by atoms with Gasteiger partial charge in [0.05, 0.1) is 18.8 Å². The van der Waals surface area contributed by atoms with Crippen molar-refractivity contribution in [1.82, 2.24) is 0 Å². The summed E-state index contributed by atoms with van der Waals surface area (Å²) in [4.78, 5) is 54.4. The minimum atomic E-state index is -5.37. The fraction of sp³-hybridized carbons (Fsp3) is 0.755. The highest BCUT2D eigenvalue weighted by Crippen LogP contribution is 2.49. The lowest BCUT2D eigenvalue weighted by molar-refractivity contribution is -0.216. The summed E-state index contributed by atoms with van der Waals surface area (Å²) in [6.07, 6.45) is 29.0. The number of aliphatic hydroxyl groups is 4. The third-order valence-electron chi connectivity index (χ3n) is 11.5. The molecule has 7 N–H and O–H groups in total. The standard InChI is InChI=1S/C49H84O17P2/c1-3-5-7-9-11-12-13-14-15-16-17-18-19-20-21-22-23-27-31-35-42(50)61-37-39(38-62-68(59,60)66-49-46(54)44(52)45(53)48(47(49)55)65-67(56,57)58)63-43(51)36-32-28-24-26-30-34-41-40(64-41)33-29-25-10-8-6-4-2/h5,7,11-12,14-15,17-18,25,29,39-41,44-49,52-55H,3-4,6,8-10,13,16,19-24,26-28,30-38H2,1-2H3,(H,59,60)(H2,56,57,58)/b7-5-,12-11-,15-14-,18-17-,29-25-/t39-,40?,41?,44?,45?,46?,47?,48-,49+/m1/s1. The zero-order valence-electron chi connectivity index (χ0n) is 40.5. The average Bonchev–Trinajstić information content (AvgIpc) is 4.05. The highest BCUT2D eigenvalue weighted by atomic mass is 31.2. The molecule has 0 spiro atoms. The van der Waals surface area contributed by atoms with Crippen molar-refractivity contribution in [3.05, 3.63) is 60.8 Å². The second kappa shape index (κ2) is 36.6. The number of phosphoric acid groups is 2. The van der Waals surface area contributed by atoms with E-state index in [1.807, 2.05) is 0 Å². The Bertz CT molecular complexity index is 1610. The van der Waals surface area contributed by atoms with Crippen LogP contribution < -0.4 is 0 Å². The third kappa shape index (κ3) is 29.8. The minimum absolute atomic E-state index is 0.0151. The molecular formula is C49H84O17P2. The lowest BCUT2D eigenvalue weighted by Gasteiger charge is -2.43. The van der Waals surface area contributed by atoms with E-state index in [4.69, 9.17) is 23.3 Å². The number of hydrogen-bond donors (Lipinski definition) is 7. The number of rotatable bonds is 40. The second-order valence-electron chi connectivity index (χ2n) is 17.5. The first kappa shape index (κ1) is 61.8. The van der Waals surface area contributed by atoms with Gasteiger partial charge in [-0.05, 0) is 77.0 Å². The molecule has 0 radical (unpaired) electrons. The van der Waals surface area contributed by atoms with Gasteiger partial charge in [-0.15, -0.1) is 0 Å². The summed E-state index contributed by atoms with van der Waals surface area (Å²) < 4.78 is 55.3. The Balaban J connectivity index is 1.78. The number of hydrogen-bond acceptors (Lipinski definition) is 14. The number of carbonyl (C=O) groups excluding carboxylic acids is 2. The molecule has 1 heterocycles. The number of aliphatic hydroxyl groups excluding tert-OH is 4. The Morgan fingerprint density at radius 1 is 0.559 bits per heavy atom. The number of esters is 2. The maximum atomic E-state index is 13.0. The van der Waals surface area contributed by atoms with Crippen LogP contribution in [0.25, 0.3) is 0 Å². The highest BCUT2D eigenvalue weighted by molar-refractivity contribution is 7.47. The summed E-state index contributed by atoms with van der Waals surface area (Å²) >= 11 is 0. The largest absolute Gasteiger partial charge is 0.472 e. The van der Waals surface area contributed by atoms with Crippen molar-refractivity contribution >= 4 is 27.6 Å². The van der Waals surface area contributed by atoms with E-state index in [2.05, 4.69) is 79.1 Å². The molecule has 1 saturated heterocycles. The van der Waals surface area contributed by atoms with Gasteiger partial charge < -0.3 is 49.3 Å². The van der Waals surface area contributed by atoms with Gasteiger partial charge >= 0.3 is 27.6 Å². The molecule has 2 aliphatic rings. The van der Waals surface area contributed by atoms with Crippen molar-refractivity contribution in [2.24, 2.45) is 0 Å². The third-order valence-corrected chi connectivity index (χ3v) is 13.0. The first-order valence-corrected chi connectivity index (χ1v) is 28.0. The number of ether oxygens (including phenoxy) is 3. The quantitative estimate of drug-likeness (QED) is 0.00993. The molecule has 1 saturated carbocycles. The molecular weight excluding hydrogens is 922 g/mol. The van der Waals surface area contributed by atoms with Gasteiger partial charge in [0, 0.05) is 12.8 Å². The topological polar surface area (TPSA) is 269 Å². The predicted octanol–water partition coefficient (Wildman–Crippen LogP) is 8.83. The van der Waals surface area contributed by atoms with Crippen molar-refractivity contribution < 1.29 is 81.6 Å². The highest BCUT2D eigenvalue weighted by Gasteiger charge is 2.54. The molecule has 68 heavy (non-hydrogen) atoms. The Morgan fingerprint density at radius 3 is 1.68 bits per heavy atom. The lowest BCUT2D eigenvalue weighted by atomic mass is 9.85. The summed E-state index contributed by atoms with van der Waals surface area (Å²) in [5.74, 6) is -1.25. The van der Waals surface area contributed by atoms with Gasteiger partial charge in [-0.2, -0.15) is 0 Å². The first-order valence-electron chi connectivity index (χ1n) is 25.0. The number of phosphoric ester groups is 2. The zero-order valence-corrected chi connectivity index (χ0v) is 42.3. The maximum absolute atomic E-state index is 13.0. The second-order valence-corrected chi connectivity index (χ2v) is 20.1. The molecule has 0 bridgehead atoms. The van der Waals surface area contributed by atoms with Gasteiger partial charge in [0.15, 0.2) is 6.10 Å². The summed E-state index contributed by atoms with van der Waals surface area (Å²) in [6, 6.07) is 0. The Morgan fingerprint density at radius 2 is 1.07 bits per heavy atom. The van der Waals surface area contributed by atoms with Crippen LogP contribution in [0.2, 0.25) is 0 Å². The SMILES string of the molecule is CC/C=C\C/C=C\C/C=C\C/C=C\CCCCCCCCC(=O)OC[C@H](COP(=O)(O)O[C@H]1C(O)C(O)C(O)[C@@H](OP(=O)(O)O)C1O)OC(=O)CCCCCCCC1OC1C/C=C\CCCCC. The van der Waals surface area contributed by atoms with Crippen LogP contribution in [0.1, 0.15) is 168 Å². The van der Waals surface area contributed by atoms with Crippen molar-refractivity contribution in [2.75, 3.05) is 13.2 Å². The summed E-state index contributed by atoms with van der Waals surface area (Å²) in [5, 5.41) is 41.3. The van der Waals surface area contributed by atoms with Crippen LogP contribution in [0, 0.1) is 0 Å². The van der Waals surface area contributed by atoms with Crippen LogP contribution in [0.4, 0.5) is 0 Å². The zero-order chi connectivity index (χ0) is 50.0. The van der Waals surface area contributed by atoms with Crippen molar-refractivity contribution in [3.8, 4) is 0 Å². The van der Waals surface area contributed by atoms with Crippen molar-refractivity contribution in [3.63, 3.8) is 0 Å². The van der Waals surface area contributed by atoms with Gasteiger partial charge in [-0.3, -0.25) is 23.2 Å². The van der Waals surface area contributed by atoms with Crippen molar-refractivity contribution in [2.45, 2.75) is 223 Å². The van der Waals surface area contributed by atoms with E-state index in [1.165, 1.54) is 19.3 Å². The molecule has 0 aromatic carbocycles.